The van der Waals surface area contributed by atoms with E-state index >= 15 is 0 Å². The molecular weight excluding hydrogens is 391 g/mol. The van der Waals surface area contributed by atoms with Gasteiger partial charge in [0.2, 0.25) is 0 Å². The maximum atomic E-state index is 12.7. The highest BCUT2D eigenvalue weighted by molar-refractivity contribution is 6.35. The zero-order valence-corrected chi connectivity index (χ0v) is 15.9. The van der Waals surface area contributed by atoms with Gasteiger partial charge >= 0.3 is 12.0 Å². The van der Waals surface area contributed by atoms with Gasteiger partial charge in [-0.15, -0.1) is 0 Å². The highest BCUT2D eigenvalue weighted by atomic mass is 35.5. The zero-order chi connectivity index (χ0) is 19.6. The lowest BCUT2D eigenvalue weighted by molar-refractivity contribution is -0.148. The molecule has 1 aliphatic rings. The van der Waals surface area contributed by atoms with Crippen molar-refractivity contribution in [2.24, 2.45) is 0 Å². The molecule has 1 N–H and O–H groups in total. The minimum absolute atomic E-state index is 0.156. The first-order valence-electron chi connectivity index (χ1n) is 8.11. The van der Waals surface area contributed by atoms with Crippen LogP contribution in [0.3, 0.4) is 0 Å². The van der Waals surface area contributed by atoms with Crippen LogP contribution in [0, 0.1) is 0 Å². The van der Waals surface area contributed by atoms with Gasteiger partial charge in [-0.3, -0.25) is 14.5 Å². The molecule has 8 heteroatoms. The number of halogens is 2. The lowest BCUT2D eigenvalue weighted by Crippen LogP contribution is -2.41. The van der Waals surface area contributed by atoms with Crippen LogP contribution in [-0.4, -0.2) is 29.4 Å². The number of hydrogen-bond donors (Lipinski definition) is 1. The SMILES string of the molecule is C[C@@]1(c2ccccc2)NC(=O)N(CC(=O)OCc2c(Cl)cccc2Cl)C1=O. The minimum Gasteiger partial charge on any atom is -0.459 e. The summed E-state index contributed by atoms with van der Waals surface area (Å²) in [7, 11) is 0. The molecule has 0 radical (unpaired) electrons. The van der Waals surface area contributed by atoms with Gasteiger partial charge in [0.05, 0.1) is 0 Å². The highest BCUT2D eigenvalue weighted by Gasteiger charge is 2.49. The Morgan fingerprint density at radius 1 is 1.07 bits per heavy atom. The predicted molar refractivity (Wildman–Crippen MR) is 100 cm³/mol. The monoisotopic (exact) mass is 406 g/mol. The molecular formula is C19H16Cl2N2O4. The van der Waals surface area contributed by atoms with Crippen LogP contribution in [0.4, 0.5) is 4.79 Å². The van der Waals surface area contributed by atoms with Crippen molar-refractivity contribution in [3.63, 3.8) is 0 Å². The first kappa shape index (κ1) is 19.2. The third-order valence-corrected chi connectivity index (χ3v) is 5.06. The molecule has 3 rings (SSSR count). The Hall–Kier alpha value is -2.57. The van der Waals surface area contributed by atoms with Gasteiger partial charge in [0, 0.05) is 15.6 Å². The van der Waals surface area contributed by atoms with E-state index in [0.29, 0.717) is 21.2 Å². The molecule has 2 aromatic rings. The number of esters is 1. The lowest BCUT2D eigenvalue weighted by Gasteiger charge is -2.22. The number of benzene rings is 2. The second-order valence-corrected chi connectivity index (χ2v) is 6.99. The third kappa shape index (κ3) is 3.77. The fraction of sp³-hybridized carbons (Fsp3) is 0.211. The number of nitrogens with one attached hydrogen (secondary N) is 1. The molecule has 140 valence electrons. The summed E-state index contributed by atoms with van der Waals surface area (Å²) in [4.78, 5) is 38.0. The minimum atomic E-state index is -1.23. The maximum Gasteiger partial charge on any atom is 0.326 e. The summed E-state index contributed by atoms with van der Waals surface area (Å²) in [5.74, 6) is -1.27. The molecule has 1 saturated heterocycles. The van der Waals surface area contributed by atoms with Crippen molar-refractivity contribution >= 4 is 41.1 Å². The maximum absolute atomic E-state index is 12.7. The number of amides is 3. The molecule has 0 saturated carbocycles. The van der Waals surface area contributed by atoms with Crippen molar-refractivity contribution in [1.29, 1.82) is 0 Å². The van der Waals surface area contributed by atoms with E-state index < -0.39 is 30.0 Å². The fourth-order valence-corrected chi connectivity index (χ4v) is 3.31. The first-order chi connectivity index (χ1) is 12.8. The Kier molecular flexibility index (Phi) is 5.39. The molecule has 6 nitrogen and oxygen atoms in total. The van der Waals surface area contributed by atoms with Crippen molar-refractivity contribution in [3.05, 3.63) is 69.7 Å². The van der Waals surface area contributed by atoms with E-state index in [2.05, 4.69) is 5.32 Å². The predicted octanol–water partition coefficient (Wildman–Crippen LogP) is 3.50. The summed E-state index contributed by atoms with van der Waals surface area (Å²) in [6.07, 6.45) is 0. The number of nitrogens with zero attached hydrogens (tertiary/aromatic N) is 1. The van der Waals surface area contributed by atoms with E-state index in [1.54, 1.807) is 49.4 Å². The average Bonchev–Trinajstić information content (AvgIpc) is 2.86. The number of ether oxygens (including phenoxy) is 1. The molecule has 1 aliphatic heterocycles. The van der Waals surface area contributed by atoms with Gasteiger partial charge in [-0.25, -0.2) is 4.79 Å². The second-order valence-electron chi connectivity index (χ2n) is 6.17. The molecule has 0 aliphatic carbocycles. The molecule has 0 spiro atoms. The summed E-state index contributed by atoms with van der Waals surface area (Å²) in [6, 6.07) is 13.1. The van der Waals surface area contributed by atoms with Crippen molar-refractivity contribution in [2.75, 3.05) is 6.54 Å². The normalized spacial score (nSPS) is 19.1. The summed E-state index contributed by atoms with van der Waals surface area (Å²) >= 11 is 12.1. The van der Waals surface area contributed by atoms with E-state index in [0.717, 1.165) is 4.90 Å². The Morgan fingerprint density at radius 2 is 1.70 bits per heavy atom. The molecule has 0 unspecified atom stereocenters. The number of imide groups is 1. The van der Waals surface area contributed by atoms with Crippen LogP contribution in [0.15, 0.2) is 48.5 Å². The molecule has 3 amide bonds. The zero-order valence-electron chi connectivity index (χ0n) is 14.4. The average molecular weight is 407 g/mol. The number of urea groups is 1. The van der Waals surface area contributed by atoms with Crippen LogP contribution < -0.4 is 5.32 Å². The fourth-order valence-electron chi connectivity index (χ4n) is 2.81. The van der Waals surface area contributed by atoms with Gasteiger partial charge in [-0.2, -0.15) is 0 Å². The topological polar surface area (TPSA) is 75.7 Å². The van der Waals surface area contributed by atoms with Crippen molar-refractivity contribution in [3.8, 4) is 0 Å². The van der Waals surface area contributed by atoms with Crippen molar-refractivity contribution in [2.45, 2.75) is 19.1 Å². The Labute approximate surface area is 166 Å². The van der Waals surface area contributed by atoms with Crippen molar-refractivity contribution < 1.29 is 19.1 Å². The van der Waals surface area contributed by atoms with Crippen LogP contribution >= 0.6 is 23.2 Å². The molecule has 0 bridgehead atoms. The van der Waals surface area contributed by atoms with Gasteiger partial charge in [0.1, 0.15) is 18.7 Å². The Balaban J connectivity index is 1.68. The molecule has 1 fully saturated rings. The van der Waals surface area contributed by atoms with Gasteiger partial charge < -0.3 is 10.1 Å². The van der Waals surface area contributed by atoms with Crippen LogP contribution in [0.5, 0.6) is 0 Å². The Morgan fingerprint density at radius 3 is 2.33 bits per heavy atom. The van der Waals surface area contributed by atoms with E-state index in [1.807, 2.05) is 6.07 Å². The van der Waals surface area contributed by atoms with E-state index in [1.165, 1.54) is 0 Å². The standard InChI is InChI=1S/C19H16Cl2N2O4/c1-19(12-6-3-2-4-7-12)17(25)23(18(26)22-19)10-16(24)27-11-13-14(20)8-5-9-15(13)21/h2-9H,10-11H2,1H3,(H,22,26)/t19-/m0/s1. The van der Waals surface area contributed by atoms with Crippen LogP contribution in [0.1, 0.15) is 18.1 Å². The van der Waals surface area contributed by atoms with Gasteiger partial charge in [0.25, 0.3) is 5.91 Å². The molecule has 2 aromatic carbocycles. The smallest absolute Gasteiger partial charge is 0.326 e. The number of hydrogen-bond acceptors (Lipinski definition) is 4. The quantitative estimate of drug-likeness (QED) is 0.608. The summed E-state index contributed by atoms with van der Waals surface area (Å²) in [6.45, 7) is 0.934. The van der Waals surface area contributed by atoms with E-state index in [9.17, 15) is 14.4 Å². The van der Waals surface area contributed by atoms with E-state index in [-0.39, 0.29) is 6.61 Å². The van der Waals surface area contributed by atoms with Crippen molar-refractivity contribution in [1.82, 2.24) is 10.2 Å². The third-order valence-electron chi connectivity index (χ3n) is 4.35. The summed E-state index contributed by atoms with van der Waals surface area (Å²) in [5, 5.41) is 3.36. The Bertz CT molecular complexity index is 884. The largest absolute Gasteiger partial charge is 0.459 e. The van der Waals surface area contributed by atoms with E-state index in [4.69, 9.17) is 27.9 Å². The van der Waals surface area contributed by atoms with Gasteiger partial charge in [-0.05, 0) is 24.6 Å². The van der Waals surface area contributed by atoms with Crippen LogP contribution in [0.25, 0.3) is 0 Å². The summed E-state index contributed by atoms with van der Waals surface area (Å²) < 4.78 is 5.14. The lowest BCUT2D eigenvalue weighted by atomic mass is 9.92. The number of carbonyl (C=O) groups excluding carboxylic acids is 3. The van der Waals surface area contributed by atoms with Crippen LogP contribution in [0.2, 0.25) is 10.0 Å². The number of carbonyl (C=O) groups is 3. The van der Waals surface area contributed by atoms with Gasteiger partial charge in [0.15, 0.2) is 0 Å². The molecule has 1 atom stereocenters. The summed E-state index contributed by atoms with van der Waals surface area (Å²) in [5.41, 5.74) is -0.146. The molecule has 27 heavy (non-hydrogen) atoms. The second kappa shape index (κ2) is 7.58. The van der Waals surface area contributed by atoms with Crippen LogP contribution in [-0.2, 0) is 26.5 Å². The molecule has 0 aromatic heterocycles. The molecule has 1 heterocycles. The highest BCUT2D eigenvalue weighted by Crippen LogP contribution is 2.29. The van der Waals surface area contributed by atoms with Gasteiger partial charge in [-0.1, -0.05) is 59.6 Å². The first-order valence-corrected chi connectivity index (χ1v) is 8.86. The number of rotatable bonds is 5.